The number of aliphatic hydroxyl groups excluding tert-OH is 1. The van der Waals surface area contributed by atoms with Gasteiger partial charge < -0.3 is 15.2 Å². The molecule has 104 valence electrons. The van der Waals surface area contributed by atoms with Crippen LogP contribution in [-0.2, 0) is 0 Å². The molecular weight excluding hydrogens is 240 g/mol. The first-order chi connectivity index (χ1) is 9.36. The number of hydrogen-bond acceptors (Lipinski definition) is 4. The van der Waals surface area contributed by atoms with Crippen molar-refractivity contribution in [2.24, 2.45) is 5.92 Å². The van der Waals surface area contributed by atoms with Crippen molar-refractivity contribution in [3.63, 3.8) is 0 Å². The molecule has 4 heteroatoms. The SMILES string of the molecule is OCCC[C@H]1CC1c1cncc(OC[C@@H]2CCN2)c1. The van der Waals surface area contributed by atoms with Crippen LogP contribution in [-0.4, -0.2) is 35.9 Å². The maximum atomic E-state index is 8.86. The highest BCUT2D eigenvalue weighted by atomic mass is 16.5. The van der Waals surface area contributed by atoms with Crippen LogP contribution in [0.3, 0.4) is 0 Å². The van der Waals surface area contributed by atoms with E-state index < -0.39 is 0 Å². The number of aliphatic hydroxyl groups is 1. The van der Waals surface area contributed by atoms with Crippen LogP contribution < -0.4 is 10.1 Å². The summed E-state index contributed by atoms with van der Waals surface area (Å²) in [5, 5.41) is 12.2. The summed E-state index contributed by atoms with van der Waals surface area (Å²) in [7, 11) is 0. The fraction of sp³-hybridized carbons (Fsp3) is 0.667. The van der Waals surface area contributed by atoms with Crippen LogP contribution in [0.25, 0.3) is 0 Å². The minimum atomic E-state index is 0.305. The van der Waals surface area contributed by atoms with E-state index in [9.17, 15) is 0 Å². The summed E-state index contributed by atoms with van der Waals surface area (Å²) in [5.74, 6) is 2.25. The lowest BCUT2D eigenvalue weighted by molar-refractivity contribution is 0.216. The molecule has 2 N–H and O–H groups in total. The van der Waals surface area contributed by atoms with E-state index in [1.807, 2.05) is 6.20 Å². The summed E-state index contributed by atoms with van der Waals surface area (Å²) in [6, 6.07) is 2.65. The summed E-state index contributed by atoms with van der Waals surface area (Å²) in [6.07, 6.45) is 8.23. The van der Waals surface area contributed by atoms with Gasteiger partial charge in [-0.15, -0.1) is 0 Å². The van der Waals surface area contributed by atoms with E-state index in [0.29, 0.717) is 18.6 Å². The molecule has 0 amide bonds. The fourth-order valence-electron chi connectivity index (χ4n) is 2.73. The largest absolute Gasteiger partial charge is 0.490 e. The lowest BCUT2D eigenvalue weighted by Crippen LogP contribution is -2.46. The number of nitrogens with one attached hydrogen (secondary N) is 1. The highest BCUT2D eigenvalue weighted by Gasteiger charge is 2.37. The molecule has 1 aromatic rings. The fourth-order valence-corrected chi connectivity index (χ4v) is 2.73. The normalized spacial score (nSPS) is 28.8. The zero-order valence-electron chi connectivity index (χ0n) is 11.2. The van der Waals surface area contributed by atoms with Gasteiger partial charge in [-0.1, -0.05) is 0 Å². The Morgan fingerprint density at radius 1 is 1.42 bits per heavy atom. The number of hydrogen-bond donors (Lipinski definition) is 2. The van der Waals surface area contributed by atoms with E-state index in [2.05, 4.69) is 16.4 Å². The second-order valence-corrected chi connectivity index (χ2v) is 5.67. The minimum absolute atomic E-state index is 0.305. The van der Waals surface area contributed by atoms with E-state index in [1.54, 1.807) is 6.20 Å². The summed E-state index contributed by atoms with van der Waals surface area (Å²) in [4.78, 5) is 4.29. The Morgan fingerprint density at radius 2 is 2.32 bits per heavy atom. The molecule has 3 atom stereocenters. The third-order valence-corrected chi connectivity index (χ3v) is 4.20. The molecule has 1 saturated heterocycles. The predicted octanol–water partition coefficient (Wildman–Crippen LogP) is 1.70. The first-order valence-corrected chi connectivity index (χ1v) is 7.29. The van der Waals surface area contributed by atoms with Crippen molar-refractivity contribution >= 4 is 0 Å². The second-order valence-electron chi connectivity index (χ2n) is 5.67. The van der Waals surface area contributed by atoms with Gasteiger partial charge in [0.25, 0.3) is 0 Å². The van der Waals surface area contributed by atoms with E-state index >= 15 is 0 Å². The first kappa shape index (κ1) is 12.9. The van der Waals surface area contributed by atoms with Crippen LogP contribution in [0.1, 0.15) is 37.2 Å². The second kappa shape index (κ2) is 5.88. The minimum Gasteiger partial charge on any atom is -0.490 e. The Labute approximate surface area is 114 Å². The van der Waals surface area contributed by atoms with Crippen LogP contribution in [0.5, 0.6) is 5.75 Å². The van der Waals surface area contributed by atoms with Gasteiger partial charge in [0.1, 0.15) is 12.4 Å². The monoisotopic (exact) mass is 262 g/mol. The van der Waals surface area contributed by atoms with Crippen LogP contribution >= 0.6 is 0 Å². The molecule has 1 saturated carbocycles. The average Bonchev–Trinajstić information content (AvgIpc) is 3.14. The number of nitrogens with zero attached hydrogens (tertiary/aromatic N) is 1. The molecule has 1 aliphatic carbocycles. The van der Waals surface area contributed by atoms with Crippen LogP contribution in [0.15, 0.2) is 18.5 Å². The van der Waals surface area contributed by atoms with E-state index in [-0.39, 0.29) is 0 Å². The zero-order valence-corrected chi connectivity index (χ0v) is 11.2. The third-order valence-electron chi connectivity index (χ3n) is 4.20. The van der Waals surface area contributed by atoms with Crippen LogP contribution in [0.4, 0.5) is 0 Å². The van der Waals surface area contributed by atoms with Gasteiger partial charge in [-0.2, -0.15) is 0 Å². The third kappa shape index (κ3) is 3.25. The van der Waals surface area contributed by atoms with E-state index in [4.69, 9.17) is 9.84 Å². The van der Waals surface area contributed by atoms with Crippen molar-refractivity contribution in [3.05, 3.63) is 24.0 Å². The lowest BCUT2D eigenvalue weighted by atomic mass is 10.1. The van der Waals surface area contributed by atoms with Gasteiger partial charge in [-0.25, -0.2) is 0 Å². The van der Waals surface area contributed by atoms with E-state index in [0.717, 1.165) is 37.7 Å². The average molecular weight is 262 g/mol. The van der Waals surface area contributed by atoms with Gasteiger partial charge >= 0.3 is 0 Å². The smallest absolute Gasteiger partial charge is 0.137 e. The highest BCUT2D eigenvalue weighted by molar-refractivity contribution is 5.30. The number of ether oxygens (including phenoxy) is 1. The standard InChI is InChI=1S/C15H22N2O2/c18-5-1-2-11-7-15(11)12-6-14(9-16-8-12)19-10-13-3-4-17-13/h6,8-9,11,13,15,17-18H,1-5,7,10H2/t11-,13-,15?/m0/s1. The Kier molecular flexibility index (Phi) is 3.99. The topological polar surface area (TPSA) is 54.4 Å². The number of pyridine rings is 1. The molecule has 2 fully saturated rings. The molecule has 0 radical (unpaired) electrons. The van der Waals surface area contributed by atoms with Crippen LogP contribution in [0, 0.1) is 5.92 Å². The summed E-state index contributed by atoms with van der Waals surface area (Å²) in [6.45, 7) is 2.16. The summed E-state index contributed by atoms with van der Waals surface area (Å²) in [5.41, 5.74) is 1.29. The quantitative estimate of drug-likeness (QED) is 0.785. The Hall–Kier alpha value is -1.13. The molecule has 1 unspecified atom stereocenters. The molecule has 0 spiro atoms. The molecule has 4 nitrogen and oxygen atoms in total. The molecular formula is C15H22N2O2. The molecule has 2 heterocycles. The van der Waals surface area contributed by atoms with Crippen molar-refractivity contribution in [2.45, 2.75) is 37.6 Å². The van der Waals surface area contributed by atoms with Gasteiger partial charge in [-0.05, 0) is 55.7 Å². The molecule has 2 aliphatic rings. The lowest BCUT2D eigenvalue weighted by Gasteiger charge is -2.27. The van der Waals surface area contributed by atoms with Gasteiger partial charge in [0.15, 0.2) is 0 Å². The zero-order chi connectivity index (χ0) is 13.1. The first-order valence-electron chi connectivity index (χ1n) is 7.29. The van der Waals surface area contributed by atoms with Gasteiger partial charge in [0.05, 0.1) is 6.20 Å². The maximum absolute atomic E-state index is 8.86. The molecule has 0 bridgehead atoms. The van der Waals surface area contributed by atoms with E-state index in [1.165, 1.54) is 18.4 Å². The number of rotatable bonds is 7. The van der Waals surface area contributed by atoms with Gasteiger partial charge in [0.2, 0.25) is 0 Å². The molecule has 1 aliphatic heterocycles. The van der Waals surface area contributed by atoms with Crippen molar-refractivity contribution in [3.8, 4) is 5.75 Å². The molecule has 1 aromatic heterocycles. The molecule has 19 heavy (non-hydrogen) atoms. The van der Waals surface area contributed by atoms with Gasteiger partial charge in [0, 0.05) is 18.8 Å². The number of aromatic nitrogens is 1. The van der Waals surface area contributed by atoms with Crippen molar-refractivity contribution in [2.75, 3.05) is 19.8 Å². The van der Waals surface area contributed by atoms with Crippen LogP contribution in [0.2, 0.25) is 0 Å². The van der Waals surface area contributed by atoms with Crippen molar-refractivity contribution < 1.29 is 9.84 Å². The predicted molar refractivity (Wildman–Crippen MR) is 73.3 cm³/mol. The van der Waals surface area contributed by atoms with Crippen molar-refractivity contribution in [1.29, 1.82) is 0 Å². The highest BCUT2D eigenvalue weighted by Crippen LogP contribution is 2.50. The summed E-state index contributed by atoms with van der Waals surface area (Å²) < 4.78 is 5.78. The summed E-state index contributed by atoms with van der Waals surface area (Å²) >= 11 is 0. The Morgan fingerprint density at radius 3 is 3.05 bits per heavy atom. The molecule has 3 rings (SSSR count). The van der Waals surface area contributed by atoms with Gasteiger partial charge in [-0.3, -0.25) is 4.98 Å². The Bertz CT molecular complexity index is 420. The van der Waals surface area contributed by atoms with Crippen molar-refractivity contribution in [1.82, 2.24) is 10.3 Å². The molecule has 0 aromatic carbocycles. The maximum Gasteiger partial charge on any atom is 0.137 e. The Balaban J connectivity index is 1.51.